The molecule has 0 radical (unpaired) electrons. The molecule has 0 heterocycles. The van der Waals surface area contributed by atoms with Gasteiger partial charge < -0.3 is 11.1 Å². The summed E-state index contributed by atoms with van der Waals surface area (Å²) in [7, 11) is 0. The lowest BCUT2D eigenvalue weighted by Gasteiger charge is -2.05. The van der Waals surface area contributed by atoms with Crippen molar-refractivity contribution in [1.82, 2.24) is 0 Å². The number of anilines is 1. The van der Waals surface area contributed by atoms with Crippen molar-refractivity contribution in [1.29, 1.82) is 0 Å². The average molecular weight is 235 g/mol. The topological polar surface area (TPSA) is 38.0 Å². The summed E-state index contributed by atoms with van der Waals surface area (Å²) in [5.74, 6) is 0. The van der Waals surface area contributed by atoms with Crippen LogP contribution < -0.4 is 11.1 Å². The minimum atomic E-state index is 0.408. The van der Waals surface area contributed by atoms with E-state index in [1.807, 2.05) is 6.07 Å². The lowest BCUT2D eigenvalue weighted by Crippen LogP contribution is -2.19. The average Bonchev–Trinajstić information content (AvgIpc) is 2.07. The molecule has 0 spiro atoms. The van der Waals surface area contributed by atoms with E-state index in [1.165, 1.54) is 0 Å². The molecule has 0 atom stereocenters. The number of hydrogen-bond acceptors (Lipinski definition) is 2. The zero-order valence-corrected chi connectivity index (χ0v) is 9.01. The van der Waals surface area contributed by atoms with Crippen LogP contribution in [0.5, 0.6) is 0 Å². The van der Waals surface area contributed by atoms with Gasteiger partial charge in [-0.1, -0.05) is 35.4 Å². The van der Waals surface area contributed by atoms with Gasteiger partial charge in [-0.05, 0) is 18.2 Å². The SMILES string of the molecule is NC(=S)CNc1ccc(Cl)c(Cl)c1. The Bertz CT molecular complexity index is 328. The number of halogens is 2. The van der Waals surface area contributed by atoms with Gasteiger partial charge in [-0.15, -0.1) is 0 Å². The molecule has 0 aliphatic carbocycles. The summed E-state index contributed by atoms with van der Waals surface area (Å²) in [5.41, 5.74) is 6.17. The van der Waals surface area contributed by atoms with Crippen LogP contribution in [0.1, 0.15) is 0 Å². The van der Waals surface area contributed by atoms with E-state index >= 15 is 0 Å². The van der Waals surface area contributed by atoms with Gasteiger partial charge in [0.1, 0.15) is 0 Å². The Morgan fingerprint density at radius 2 is 2.08 bits per heavy atom. The molecule has 0 saturated heterocycles. The molecule has 3 N–H and O–H groups in total. The number of thiocarbonyl (C=S) groups is 1. The van der Waals surface area contributed by atoms with Crippen LogP contribution in [-0.4, -0.2) is 11.5 Å². The molecule has 0 bridgehead atoms. The lowest BCUT2D eigenvalue weighted by atomic mass is 10.3. The summed E-state index contributed by atoms with van der Waals surface area (Å²) >= 11 is 16.2. The van der Waals surface area contributed by atoms with Crippen LogP contribution in [0.15, 0.2) is 18.2 Å². The molecule has 1 rings (SSSR count). The second-order valence-corrected chi connectivity index (χ2v) is 3.79. The number of benzene rings is 1. The summed E-state index contributed by atoms with van der Waals surface area (Å²) < 4.78 is 0. The standard InChI is InChI=1S/C8H8Cl2N2S/c9-6-2-1-5(3-7(6)10)12-4-8(11)13/h1-3,12H,4H2,(H2,11,13). The Morgan fingerprint density at radius 1 is 1.38 bits per heavy atom. The van der Waals surface area contributed by atoms with Crippen molar-refractivity contribution >= 4 is 46.1 Å². The van der Waals surface area contributed by atoms with Crippen molar-refractivity contribution in [2.45, 2.75) is 0 Å². The number of nitrogens with two attached hydrogens (primary N) is 1. The first-order valence-electron chi connectivity index (χ1n) is 3.57. The number of rotatable bonds is 3. The van der Waals surface area contributed by atoms with Crippen molar-refractivity contribution in [2.75, 3.05) is 11.9 Å². The Hall–Kier alpha value is -0.510. The minimum Gasteiger partial charge on any atom is -0.392 e. The van der Waals surface area contributed by atoms with E-state index < -0.39 is 0 Å². The van der Waals surface area contributed by atoms with Gasteiger partial charge in [-0.2, -0.15) is 0 Å². The van der Waals surface area contributed by atoms with Crippen LogP contribution >= 0.6 is 35.4 Å². The normalized spacial score (nSPS) is 9.69. The monoisotopic (exact) mass is 234 g/mol. The van der Waals surface area contributed by atoms with Gasteiger partial charge in [0, 0.05) is 5.69 Å². The highest BCUT2D eigenvalue weighted by molar-refractivity contribution is 7.80. The van der Waals surface area contributed by atoms with Gasteiger partial charge in [-0.25, -0.2) is 0 Å². The summed E-state index contributed by atoms with van der Waals surface area (Å²) in [6.45, 7) is 0.452. The van der Waals surface area contributed by atoms with E-state index in [4.69, 9.17) is 41.2 Å². The fourth-order valence-corrected chi connectivity index (χ4v) is 1.17. The molecule has 1 aromatic rings. The van der Waals surface area contributed by atoms with E-state index in [-0.39, 0.29) is 0 Å². The van der Waals surface area contributed by atoms with E-state index in [1.54, 1.807) is 12.1 Å². The van der Waals surface area contributed by atoms with Crippen molar-refractivity contribution in [3.63, 3.8) is 0 Å². The lowest BCUT2D eigenvalue weighted by molar-refractivity contribution is 1.38. The van der Waals surface area contributed by atoms with E-state index in [9.17, 15) is 0 Å². The van der Waals surface area contributed by atoms with Crippen LogP contribution in [0.2, 0.25) is 10.0 Å². The summed E-state index contributed by atoms with van der Waals surface area (Å²) in [6.07, 6.45) is 0. The van der Waals surface area contributed by atoms with Gasteiger partial charge in [0.15, 0.2) is 0 Å². The fraction of sp³-hybridized carbons (Fsp3) is 0.125. The molecule has 0 unspecified atom stereocenters. The first-order valence-corrected chi connectivity index (χ1v) is 4.73. The molecule has 0 aromatic heterocycles. The Balaban J connectivity index is 2.68. The smallest absolute Gasteiger partial charge is 0.0921 e. The van der Waals surface area contributed by atoms with Gasteiger partial charge >= 0.3 is 0 Å². The highest BCUT2D eigenvalue weighted by Crippen LogP contribution is 2.24. The van der Waals surface area contributed by atoms with Crippen LogP contribution in [0.4, 0.5) is 5.69 Å². The van der Waals surface area contributed by atoms with Crippen LogP contribution in [-0.2, 0) is 0 Å². The molecule has 2 nitrogen and oxygen atoms in total. The van der Waals surface area contributed by atoms with E-state index in [0.717, 1.165) is 5.69 Å². The minimum absolute atomic E-state index is 0.408. The van der Waals surface area contributed by atoms with Crippen LogP contribution in [0, 0.1) is 0 Å². The maximum atomic E-state index is 5.79. The van der Waals surface area contributed by atoms with Crippen molar-refractivity contribution in [3.8, 4) is 0 Å². The maximum absolute atomic E-state index is 5.79. The summed E-state index contributed by atoms with van der Waals surface area (Å²) in [4.78, 5) is 0.408. The molecular formula is C8H8Cl2N2S. The first kappa shape index (κ1) is 10.6. The molecule has 0 aliphatic heterocycles. The summed E-state index contributed by atoms with van der Waals surface area (Å²) in [6, 6.07) is 5.25. The molecule has 0 amide bonds. The van der Waals surface area contributed by atoms with E-state index in [0.29, 0.717) is 21.6 Å². The Kier molecular flexibility index (Phi) is 3.78. The number of hydrogen-bond donors (Lipinski definition) is 2. The predicted octanol–water partition coefficient (Wildman–Crippen LogP) is 2.69. The molecule has 0 fully saturated rings. The van der Waals surface area contributed by atoms with Crippen molar-refractivity contribution < 1.29 is 0 Å². The third-order valence-electron chi connectivity index (χ3n) is 1.39. The molecule has 0 saturated carbocycles. The van der Waals surface area contributed by atoms with Crippen LogP contribution in [0.25, 0.3) is 0 Å². The summed E-state index contributed by atoms with van der Waals surface area (Å²) in [5, 5.41) is 4.04. The second kappa shape index (κ2) is 4.65. The molecule has 70 valence electrons. The second-order valence-electron chi connectivity index (χ2n) is 2.45. The number of nitrogens with one attached hydrogen (secondary N) is 1. The Labute approximate surface area is 92.0 Å². The van der Waals surface area contributed by atoms with Gasteiger partial charge in [-0.3, -0.25) is 0 Å². The molecule has 13 heavy (non-hydrogen) atoms. The van der Waals surface area contributed by atoms with Crippen LogP contribution in [0.3, 0.4) is 0 Å². The highest BCUT2D eigenvalue weighted by atomic mass is 35.5. The maximum Gasteiger partial charge on any atom is 0.0921 e. The van der Waals surface area contributed by atoms with Crippen molar-refractivity contribution in [3.05, 3.63) is 28.2 Å². The zero-order valence-electron chi connectivity index (χ0n) is 6.68. The third kappa shape index (κ3) is 3.38. The molecule has 5 heteroatoms. The van der Waals surface area contributed by atoms with Gasteiger partial charge in [0.2, 0.25) is 0 Å². The highest BCUT2D eigenvalue weighted by Gasteiger charge is 1.98. The zero-order chi connectivity index (χ0) is 9.84. The van der Waals surface area contributed by atoms with Gasteiger partial charge in [0.25, 0.3) is 0 Å². The Morgan fingerprint density at radius 3 is 2.62 bits per heavy atom. The third-order valence-corrected chi connectivity index (χ3v) is 2.27. The van der Waals surface area contributed by atoms with Gasteiger partial charge in [0.05, 0.1) is 21.6 Å². The quantitative estimate of drug-likeness (QED) is 0.791. The van der Waals surface area contributed by atoms with E-state index in [2.05, 4.69) is 5.32 Å². The molecular weight excluding hydrogens is 227 g/mol. The fourth-order valence-electron chi connectivity index (χ4n) is 0.795. The largest absolute Gasteiger partial charge is 0.392 e. The molecule has 0 aliphatic rings. The molecule has 1 aromatic carbocycles. The predicted molar refractivity (Wildman–Crippen MR) is 61.7 cm³/mol. The first-order chi connectivity index (χ1) is 6.09. The van der Waals surface area contributed by atoms with Crippen molar-refractivity contribution in [2.24, 2.45) is 5.73 Å².